The maximum absolute atomic E-state index is 11.1. The van der Waals surface area contributed by atoms with Gasteiger partial charge < -0.3 is 9.84 Å². The number of carbonyl (C=O) groups excluding carboxylic acids is 1. The first-order valence-electron chi connectivity index (χ1n) is 4.58. The van der Waals surface area contributed by atoms with Crippen LogP contribution >= 0.6 is 45.2 Å². The summed E-state index contributed by atoms with van der Waals surface area (Å²) >= 11 is 4.09. The lowest BCUT2D eigenvalue weighted by Crippen LogP contribution is -1.98. The number of aromatic hydroxyl groups is 1. The Kier molecular flexibility index (Phi) is 5.53. The number of hydrogen-bond acceptors (Lipinski definition) is 3. The van der Waals surface area contributed by atoms with Gasteiger partial charge in [0.1, 0.15) is 5.75 Å². The van der Waals surface area contributed by atoms with Crippen molar-refractivity contribution in [1.29, 1.82) is 0 Å². The SMILES string of the molecule is CCOC(=O)C=Cc1ccc(I)c(O)c1I. The first-order chi connectivity index (χ1) is 7.56. The molecule has 86 valence electrons. The van der Waals surface area contributed by atoms with Crippen LogP contribution in [0.15, 0.2) is 18.2 Å². The third kappa shape index (κ3) is 3.62. The van der Waals surface area contributed by atoms with Gasteiger partial charge in [-0.2, -0.15) is 0 Å². The van der Waals surface area contributed by atoms with Crippen molar-refractivity contribution >= 4 is 57.2 Å². The van der Waals surface area contributed by atoms with Crippen LogP contribution in [0.1, 0.15) is 12.5 Å². The Hall–Kier alpha value is -0.310. The van der Waals surface area contributed by atoms with Crippen molar-refractivity contribution in [3.8, 4) is 5.75 Å². The zero-order valence-corrected chi connectivity index (χ0v) is 12.9. The van der Waals surface area contributed by atoms with Gasteiger partial charge in [0.15, 0.2) is 0 Å². The minimum Gasteiger partial charge on any atom is -0.506 e. The monoisotopic (exact) mass is 444 g/mol. The van der Waals surface area contributed by atoms with Crippen LogP contribution in [-0.2, 0) is 9.53 Å². The van der Waals surface area contributed by atoms with Gasteiger partial charge in [-0.05, 0) is 69.8 Å². The van der Waals surface area contributed by atoms with Gasteiger partial charge >= 0.3 is 5.97 Å². The summed E-state index contributed by atoms with van der Waals surface area (Å²) in [5, 5.41) is 9.69. The zero-order valence-electron chi connectivity index (χ0n) is 8.54. The first-order valence-corrected chi connectivity index (χ1v) is 6.73. The average molecular weight is 444 g/mol. The molecule has 0 saturated carbocycles. The maximum Gasteiger partial charge on any atom is 0.330 e. The lowest BCUT2D eigenvalue weighted by atomic mass is 10.2. The number of phenolic OH excluding ortho intramolecular Hbond substituents is 1. The topological polar surface area (TPSA) is 46.5 Å². The number of hydrogen-bond donors (Lipinski definition) is 1. The van der Waals surface area contributed by atoms with Crippen molar-refractivity contribution in [2.45, 2.75) is 6.92 Å². The molecule has 0 amide bonds. The second-order valence-electron chi connectivity index (χ2n) is 2.88. The highest BCUT2D eigenvalue weighted by molar-refractivity contribution is 14.1. The van der Waals surface area contributed by atoms with Crippen LogP contribution in [0.2, 0.25) is 0 Å². The molecule has 0 atom stereocenters. The van der Waals surface area contributed by atoms with Crippen LogP contribution in [-0.4, -0.2) is 17.7 Å². The van der Waals surface area contributed by atoms with Crippen molar-refractivity contribution in [3.05, 3.63) is 30.9 Å². The molecular formula is C11H10I2O3. The van der Waals surface area contributed by atoms with Gasteiger partial charge in [-0.3, -0.25) is 0 Å². The molecule has 0 unspecified atom stereocenters. The lowest BCUT2D eigenvalue weighted by molar-refractivity contribution is -0.137. The summed E-state index contributed by atoms with van der Waals surface area (Å²) in [7, 11) is 0. The van der Waals surface area contributed by atoms with Crippen molar-refractivity contribution in [2.24, 2.45) is 0 Å². The molecule has 0 spiro atoms. The van der Waals surface area contributed by atoms with E-state index in [1.54, 1.807) is 19.1 Å². The van der Waals surface area contributed by atoms with Crippen LogP contribution in [0.25, 0.3) is 6.08 Å². The summed E-state index contributed by atoms with van der Waals surface area (Å²) in [5.74, 6) is -0.136. The fourth-order valence-electron chi connectivity index (χ4n) is 1.03. The summed E-state index contributed by atoms with van der Waals surface area (Å²) in [5.41, 5.74) is 0.798. The van der Waals surface area contributed by atoms with Gasteiger partial charge in [-0.15, -0.1) is 0 Å². The first kappa shape index (κ1) is 13.8. The summed E-state index contributed by atoms with van der Waals surface area (Å²) in [4.78, 5) is 11.1. The highest BCUT2D eigenvalue weighted by Crippen LogP contribution is 2.29. The molecule has 1 aromatic rings. The molecule has 0 heterocycles. The largest absolute Gasteiger partial charge is 0.506 e. The number of halogens is 2. The van der Waals surface area contributed by atoms with Gasteiger partial charge in [0.05, 0.1) is 13.7 Å². The normalized spacial score (nSPS) is 10.7. The molecule has 1 aromatic carbocycles. The Morgan fingerprint density at radius 3 is 2.81 bits per heavy atom. The van der Waals surface area contributed by atoms with E-state index in [4.69, 9.17) is 4.74 Å². The van der Waals surface area contributed by atoms with Gasteiger partial charge in [0.25, 0.3) is 0 Å². The van der Waals surface area contributed by atoms with Gasteiger partial charge in [0, 0.05) is 6.08 Å². The Morgan fingerprint density at radius 2 is 2.19 bits per heavy atom. The minimum absolute atomic E-state index is 0.243. The lowest BCUT2D eigenvalue weighted by Gasteiger charge is -2.03. The number of rotatable bonds is 3. The molecule has 0 aliphatic rings. The van der Waals surface area contributed by atoms with E-state index < -0.39 is 0 Å². The summed E-state index contributed by atoms with van der Waals surface area (Å²) in [6.07, 6.45) is 2.99. The summed E-state index contributed by atoms with van der Waals surface area (Å²) in [6.45, 7) is 2.12. The molecule has 0 saturated heterocycles. The summed E-state index contributed by atoms with van der Waals surface area (Å²) in [6, 6.07) is 3.64. The highest BCUT2D eigenvalue weighted by atomic mass is 127. The molecule has 0 fully saturated rings. The third-order valence-electron chi connectivity index (χ3n) is 1.78. The van der Waals surface area contributed by atoms with Gasteiger partial charge in [0.2, 0.25) is 0 Å². The van der Waals surface area contributed by atoms with E-state index >= 15 is 0 Å². The number of ether oxygens (including phenoxy) is 1. The van der Waals surface area contributed by atoms with Gasteiger partial charge in [-0.1, -0.05) is 6.07 Å². The molecule has 16 heavy (non-hydrogen) atoms. The van der Waals surface area contributed by atoms with Crippen LogP contribution in [0, 0.1) is 7.14 Å². The van der Waals surface area contributed by atoms with E-state index in [1.807, 2.05) is 28.7 Å². The Bertz CT molecular complexity index is 427. The van der Waals surface area contributed by atoms with E-state index in [-0.39, 0.29) is 11.7 Å². The smallest absolute Gasteiger partial charge is 0.330 e. The minimum atomic E-state index is -0.378. The number of esters is 1. The van der Waals surface area contributed by atoms with E-state index in [0.29, 0.717) is 6.61 Å². The summed E-state index contributed by atoms with van der Waals surface area (Å²) < 4.78 is 6.28. The molecule has 0 aliphatic carbocycles. The van der Waals surface area contributed by atoms with E-state index in [0.717, 1.165) is 12.7 Å². The van der Waals surface area contributed by atoms with Crippen molar-refractivity contribution in [2.75, 3.05) is 6.61 Å². The van der Waals surface area contributed by atoms with Crippen molar-refractivity contribution in [1.82, 2.24) is 0 Å². The van der Waals surface area contributed by atoms with Crippen LogP contribution in [0.3, 0.4) is 0 Å². The zero-order chi connectivity index (χ0) is 12.1. The molecule has 0 radical (unpaired) electrons. The molecule has 0 bridgehead atoms. The Balaban J connectivity index is 2.90. The fourth-order valence-corrected chi connectivity index (χ4v) is 2.65. The predicted octanol–water partition coefficient (Wildman–Crippen LogP) is 3.18. The molecule has 0 aliphatic heterocycles. The molecular weight excluding hydrogens is 434 g/mol. The Morgan fingerprint density at radius 1 is 1.50 bits per heavy atom. The fraction of sp³-hybridized carbons (Fsp3) is 0.182. The quantitative estimate of drug-likeness (QED) is 0.443. The molecule has 0 aromatic heterocycles. The molecule has 1 rings (SSSR count). The molecule has 1 N–H and O–H groups in total. The van der Waals surface area contributed by atoms with Crippen molar-refractivity contribution < 1.29 is 14.6 Å². The predicted molar refractivity (Wildman–Crippen MR) is 79.2 cm³/mol. The van der Waals surface area contributed by atoms with E-state index in [9.17, 15) is 9.90 Å². The molecule has 5 heteroatoms. The van der Waals surface area contributed by atoms with E-state index in [2.05, 4.69) is 22.6 Å². The Labute approximate surface area is 121 Å². The van der Waals surface area contributed by atoms with E-state index in [1.165, 1.54) is 6.08 Å². The average Bonchev–Trinajstić information content (AvgIpc) is 2.25. The highest BCUT2D eigenvalue weighted by Gasteiger charge is 2.06. The van der Waals surface area contributed by atoms with Crippen LogP contribution in [0.5, 0.6) is 5.75 Å². The maximum atomic E-state index is 11.1. The third-order valence-corrected chi connectivity index (χ3v) is 3.79. The standard InChI is InChI=1S/C11H10I2O3/c1-2-16-9(14)6-4-7-3-5-8(12)11(15)10(7)13/h3-6,15H,2H2,1H3. The van der Waals surface area contributed by atoms with Gasteiger partial charge in [-0.25, -0.2) is 4.79 Å². The number of phenols is 1. The second kappa shape index (κ2) is 6.43. The van der Waals surface area contributed by atoms with Crippen LogP contribution in [0.4, 0.5) is 0 Å². The van der Waals surface area contributed by atoms with Crippen molar-refractivity contribution in [3.63, 3.8) is 0 Å². The van der Waals surface area contributed by atoms with Crippen LogP contribution < -0.4 is 0 Å². The second-order valence-corrected chi connectivity index (χ2v) is 5.13. The number of carbonyl (C=O) groups is 1. The molecule has 3 nitrogen and oxygen atoms in total. The number of benzene rings is 1.